The van der Waals surface area contributed by atoms with E-state index >= 15 is 0 Å². The normalized spacial score (nSPS) is 9.62. The van der Waals surface area contributed by atoms with E-state index in [9.17, 15) is 4.79 Å². The Morgan fingerprint density at radius 2 is 2.24 bits per heavy atom. The van der Waals surface area contributed by atoms with Gasteiger partial charge in [0.05, 0.1) is 12.2 Å². The number of hydrogen-bond acceptors (Lipinski definition) is 4. The third kappa shape index (κ3) is 4.13. The number of aliphatic hydroxyl groups excluding tert-OH is 1. The molecule has 0 aliphatic carbocycles. The van der Waals surface area contributed by atoms with E-state index in [2.05, 4.69) is 27.4 Å². The second-order valence-corrected chi connectivity index (χ2v) is 4.39. The molecule has 2 rings (SSSR count). The molecule has 2 N–H and O–H groups in total. The number of anilines is 1. The highest BCUT2D eigenvalue weighted by molar-refractivity contribution is 6.05. The number of carbonyl (C=O) groups is 1. The summed E-state index contributed by atoms with van der Waals surface area (Å²) >= 11 is 0. The van der Waals surface area contributed by atoms with E-state index in [1.54, 1.807) is 24.3 Å². The largest absolute Gasteiger partial charge is 0.395 e. The van der Waals surface area contributed by atoms with Crippen LogP contribution in [0.25, 0.3) is 0 Å². The van der Waals surface area contributed by atoms with Crippen LogP contribution in [0.2, 0.25) is 0 Å². The van der Waals surface area contributed by atoms with Gasteiger partial charge in [-0.1, -0.05) is 23.5 Å². The van der Waals surface area contributed by atoms with Crippen LogP contribution < -0.4 is 5.32 Å². The molecular weight excluding hydrogens is 266 g/mol. The third-order valence-electron chi connectivity index (χ3n) is 2.69. The van der Waals surface area contributed by atoms with E-state index in [0.29, 0.717) is 23.4 Å². The van der Waals surface area contributed by atoms with Gasteiger partial charge in [-0.3, -0.25) is 4.79 Å². The molecule has 0 aliphatic rings. The van der Waals surface area contributed by atoms with Crippen LogP contribution in [0, 0.1) is 18.8 Å². The summed E-state index contributed by atoms with van der Waals surface area (Å²) in [5.74, 6) is 5.83. The Labute approximate surface area is 123 Å². The quantitative estimate of drug-likeness (QED) is 0.841. The van der Waals surface area contributed by atoms with Crippen LogP contribution in [0.5, 0.6) is 0 Å². The number of rotatable bonds is 3. The van der Waals surface area contributed by atoms with Gasteiger partial charge in [0, 0.05) is 18.2 Å². The third-order valence-corrected chi connectivity index (χ3v) is 2.69. The number of nitrogens with one attached hydrogen (secondary N) is 1. The fraction of sp³-hybridized carbons (Fsp3) is 0.188. The highest BCUT2D eigenvalue weighted by Gasteiger charge is 2.11. The molecule has 21 heavy (non-hydrogen) atoms. The molecule has 0 unspecified atom stereocenters. The van der Waals surface area contributed by atoms with Gasteiger partial charge >= 0.3 is 0 Å². The van der Waals surface area contributed by atoms with E-state index in [1.165, 1.54) is 6.20 Å². The van der Waals surface area contributed by atoms with Gasteiger partial charge in [-0.15, -0.1) is 5.10 Å². The zero-order valence-electron chi connectivity index (χ0n) is 11.6. The van der Waals surface area contributed by atoms with Crippen molar-refractivity contribution in [3.63, 3.8) is 0 Å². The monoisotopic (exact) mass is 281 g/mol. The summed E-state index contributed by atoms with van der Waals surface area (Å²) in [6, 6.07) is 8.82. The fourth-order valence-electron chi connectivity index (χ4n) is 1.72. The SMILES string of the molecule is Cc1ccc(C#CCCO)c(C(=O)Nc2cccnn2)c1. The zero-order valence-corrected chi connectivity index (χ0v) is 11.6. The first-order valence-electron chi connectivity index (χ1n) is 6.50. The lowest BCUT2D eigenvalue weighted by Crippen LogP contribution is -2.15. The van der Waals surface area contributed by atoms with Crippen LogP contribution in [0.3, 0.4) is 0 Å². The molecule has 1 aromatic carbocycles. The number of aromatic nitrogens is 2. The standard InChI is InChI=1S/C16H15N3O2/c1-12-7-8-13(5-2-3-10-20)14(11-12)16(21)18-15-6-4-9-17-19-15/h4,6-9,11,20H,3,10H2,1H3,(H,18,19,21). The number of amides is 1. The summed E-state index contributed by atoms with van der Waals surface area (Å²) < 4.78 is 0. The van der Waals surface area contributed by atoms with Gasteiger partial charge in [0.2, 0.25) is 0 Å². The topological polar surface area (TPSA) is 75.1 Å². The van der Waals surface area contributed by atoms with Crippen molar-refractivity contribution in [2.45, 2.75) is 13.3 Å². The van der Waals surface area contributed by atoms with Crippen LogP contribution in [0.1, 0.15) is 27.9 Å². The molecule has 106 valence electrons. The first kappa shape index (κ1) is 14.7. The van der Waals surface area contributed by atoms with Gasteiger partial charge in [-0.05, 0) is 31.2 Å². The maximum Gasteiger partial charge on any atom is 0.258 e. The Bertz CT molecular complexity index is 688. The summed E-state index contributed by atoms with van der Waals surface area (Å²) in [6.07, 6.45) is 1.91. The van der Waals surface area contributed by atoms with Gasteiger partial charge in [-0.25, -0.2) is 0 Å². The molecule has 0 fully saturated rings. The molecule has 1 aromatic heterocycles. The second-order valence-electron chi connectivity index (χ2n) is 4.39. The van der Waals surface area contributed by atoms with Gasteiger partial charge in [0.1, 0.15) is 0 Å². The molecule has 5 heteroatoms. The average molecular weight is 281 g/mol. The van der Waals surface area contributed by atoms with Crippen molar-refractivity contribution in [3.05, 3.63) is 53.2 Å². The molecule has 2 aromatic rings. The van der Waals surface area contributed by atoms with Crippen molar-refractivity contribution < 1.29 is 9.90 Å². The van der Waals surface area contributed by atoms with Crippen molar-refractivity contribution in [3.8, 4) is 11.8 Å². The van der Waals surface area contributed by atoms with E-state index in [-0.39, 0.29) is 12.5 Å². The highest BCUT2D eigenvalue weighted by Crippen LogP contribution is 2.13. The Balaban J connectivity index is 2.27. The Kier molecular flexibility index (Phi) is 5.02. The molecular formula is C16H15N3O2. The summed E-state index contributed by atoms with van der Waals surface area (Å²) in [5.41, 5.74) is 2.06. The molecule has 0 saturated heterocycles. The Morgan fingerprint density at radius 3 is 2.95 bits per heavy atom. The smallest absolute Gasteiger partial charge is 0.258 e. The van der Waals surface area contributed by atoms with Crippen LogP contribution in [0.15, 0.2) is 36.5 Å². The van der Waals surface area contributed by atoms with Crippen molar-refractivity contribution in [2.75, 3.05) is 11.9 Å². The number of aliphatic hydroxyl groups is 1. The van der Waals surface area contributed by atoms with Gasteiger partial charge < -0.3 is 10.4 Å². The summed E-state index contributed by atoms with van der Waals surface area (Å²) in [6.45, 7) is 1.91. The molecule has 0 bridgehead atoms. The molecule has 0 saturated carbocycles. The fourth-order valence-corrected chi connectivity index (χ4v) is 1.72. The van der Waals surface area contributed by atoms with E-state index in [4.69, 9.17) is 5.11 Å². The van der Waals surface area contributed by atoms with Gasteiger partial charge in [0.25, 0.3) is 5.91 Å². The average Bonchev–Trinajstić information content (AvgIpc) is 2.50. The number of carbonyl (C=O) groups excluding carboxylic acids is 1. The van der Waals surface area contributed by atoms with Crippen molar-refractivity contribution >= 4 is 11.7 Å². The lowest BCUT2D eigenvalue weighted by atomic mass is 10.0. The highest BCUT2D eigenvalue weighted by atomic mass is 16.2. The van der Waals surface area contributed by atoms with Crippen molar-refractivity contribution in [2.24, 2.45) is 0 Å². The van der Waals surface area contributed by atoms with Crippen LogP contribution in [0.4, 0.5) is 5.82 Å². The van der Waals surface area contributed by atoms with Crippen LogP contribution in [-0.4, -0.2) is 27.8 Å². The number of benzene rings is 1. The molecule has 0 atom stereocenters. The maximum absolute atomic E-state index is 12.3. The summed E-state index contributed by atoms with van der Waals surface area (Å²) in [4.78, 5) is 12.3. The van der Waals surface area contributed by atoms with E-state index in [0.717, 1.165) is 5.56 Å². The molecule has 1 amide bonds. The van der Waals surface area contributed by atoms with Gasteiger partial charge in [0.15, 0.2) is 5.82 Å². The number of aryl methyl sites for hydroxylation is 1. The van der Waals surface area contributed by atoms with Crippen molar-refractivity contribution in [1.29, 1.82) is 0 Å². The van der Waals surface area contributed by atoms with Crippen LogP contribution >= 0.6 is 0 Å². The lowest BCUT2D eigenvalue weighted by molar-refractivity contribution is 0.102. The summed E-state index contributed by atoms with van der Waals surface area (Å²) in [7, 11) is 0. The zero-order chi connectivity index (χ0) is 15.1. The summed E-state index contributed by atoms with van der Waals surface area (Å²) in [5, 5.41) is 19.0. The Hall–Kier alpha value is -2.71. The molecule has 0 spiro atoms. The first-order chi connectivity index (χ1) is 10.2. The Morgan fingerprint density at radius 1 is 1.38 bits per heavy atom. The second kappa shape index (κ2) is 7.17. The predicted molar refractivity (Wildman–Crippen MR) is 79.7 cm³/mol. The number of nitrogens with zero attached hydrogens (tertiary/aromatic N) is 2. The van der Waals surface area contributed by atoms with Crippen molar-refractivity contribution in [1.82, 2.24) is 10.2 Å². The predicted octanol–water partition coefficient (Wildman–Crippen LogP) is 1.77. The van der Waals surface area contributed by atoms with E-state index < -0.39 is 0 Å². The minimum absolute atomic E-state index is 0.00000409. The van der Waals surface area contributed by atoms with Gasteiger partial charge in [-0.2, -0.15) is 5.10 Å². The minimum atomic E-state index is -0.285. The minimum Gasteiger partial charge on any atom is -0.395 e. The number of hydrogen-bond donors (Lipinski definition) is 2. The molecule has 0 radical (unpaired) electrons. The maximum atomic E-state index is 12.3. The van der Waals surface area contributed by atoms with E-state index in [1.807, 2.05) is 13.0 Å². The molecule has 0 aliphatic heterocycles. The molecule has 1 heterocycles. The lowest BCUT2D eigenvalue weighted by Gasteiger charge is -2.07. The first-order valence-corrected chi connectivity index (χ1v) is 6.50. The van der Waals surface area contributed by atoms with Crippen LogP contribution in [-0.2, 0) is 0 Å². The molecule has 5 nitrogen and oxygen atoms in total.